The van der Waals surface area contributed by atoms with E-state index in [1.165, 1.54) is 0 Å². The third kappa shape index (κ3) is 5.36. The third-order valence-electron chi connectivity index (χ3n) is 3.34. The average Bonchev–Trinajstić information content (AvgIpc) is 2.89. The highest BCUT2D eigenvalue weighted by Crippen LogP contribution is 2.16. The molecule has 1 aliphatic heterocycles. The highest BCUT2D eigenvalue weighted by atomic mass is 16.5. The maximum absolute atomic E-state index is 11.6. The zero-order chi connectivity index (χ0) is 15.0. The second-order valence-corrected chi connectivity index (χ2v) is 5.22. The minimum Gasteiger partial charge on any atom is -0.381 e. The highest BCUT2D eigenvalue weighted by molar-refractivity contribution is 5.85. The Morgan fingerprint density at radius 1 is 1.45 bits per heavy atom. The molecule has 0 aromatic heterocycles. The number of ether oxygens (including phenoxy) is 1. The van der Waals surface area contributed by atoms with E-state index in [-0.39, 0.29) is 12.5 Å². The van der Waals surface area contributed by atoms with Gasteiger partial charge in [0, 0.05) is 46.3 Å². The zero-order valence-electron chi connectivity index (χ0n) is 13.2. The number of likely N-dealkylation sites (tertiary alicyclic amines) is 1. The minimum absolute atomic E-state index is 0.0190. The van der Waals surface area contributed by atoms with Crippen LogP contribution in [0.25, 0.3) is 0 Å². The Balaban J connectivity index is 2.54. The molecular formula is C14H28N4O2. The van der Waals surface area contributed by atoms with Crippen molar-refractivity contribution in [1.82, 2.24) is 15.1 Å². The topological polar surface area (TPSA) is 57.2 Å². The lowest BCUT2D eigenvalue weighted by molar-refractivity contribution is -0.127. The van der Waals surface area contributed by atoms with Gasteiger partial charge < -0.3 is 19.9 Å². The Bertz CT molecular complexity index is 331. The molecule has 0 saturated carbocycles. The van der Waals surface area contributed by atoms with Gasteiger partial charge >= 0.3 is 0 Å². The first-order valence-corrected chi connectivity index (χ1v) is 7.39. The van der Waals surface area contributed by atoms with Crippen LogP contribution < -0.4 is 5.32 Å². The fourth-order valence-electron chi connectivity index (χ4n) is 2.16. The molecule has 0 aliphatic carbocycles. The van der Waals surface area contributed by atoms with E-state index in [0.717, 1.165) is 45.2 Å². The summed E-state index contributed by atoms with van der Waals surface area (Å²) in [5, 5.41) is 3.26. The molecule has 1 rings (SSSR count). The van der Waals surface area contributed by atoms with Crippen LogP contribution in [-0.2, 0) is 9.53 Å². The maximum atomic E-state index is 11.6. The Morgan fingerprint density at radius 3 is 2.80 bits per heavy atom. The van der Waals surface area contributed by atoms with Crippen molar-refractivity contribution in [3.8, 4) is 0 Å². The Kier molecular flexibility index (Phi) is 7.36. The lowest BCUT2D eigenvalue weighted by Crippen LogP contribution is -2.41. The largest absolute Gasteiger partial charge is 0.381 e. The molecule has 1 unspecified atom stereocenters. The Hall–Kier alpha value is -1.30. The summed E-state index contributed by atoms with van der Waals surface area (Å²) >= 11 is 0. The van der Waals surface area contributed by atoms with Crippen LogP contribution in [0, 0.1) is 5.92 Å². The Labute approximate surface area is 122 Å². The summed E-state index contributed by atoms with van der Waals surface area (Å²) in [6.45, 7) is 8.55. The molecule has 20 heavy (non-hydrogen) atoms. The number of carbonyl (C=O) groups excluding carboxylic acids is 1. The van der Waals surface area contributed by atoms with Crippen LogP contribution in [0.1, 0.15) is 20.3 Å². The smallest absolute Gasteiger partial charge is 0.243 e. The molecule has 116 valence electrons. The molecule has 1 N–H and O–H groups in total. The van der Waals surface area contributed by atoms with E-state index in [1.807, 2.05) is 13.8 Å². The van der Waals surface area contributed by atoms with Gasteiger partial charge in [-0.25, -0.2) is 4.99 Å². The predicted molar refractivity (Wildman–Crippen MR) is 80.8 cm³/mol. The molecule has 1 amide bonds. The number of nitrogens with one attached hydrogen (secondary N) is 1. The molecule has 0 radical (unpaired) electrons. The van der Waals surface area contributed by atoms with Crippen LogP contribution in [0.4, 0.5) is 0 Å². The first kappa shape index (κ1) is 16.8. The number of hydrogen-bond acceptors (Lipinski definition) is 3. The third-order valence-corrected chi connectivity index (χ3v) is 3.34. The molecule has 0 spiro atoms. The van der Waals surface area contributed by atoms with Crippen molar-refractivity contribution in [2.24, 2.45) is 10.9 Å². The summed E-state index contributed by atoms with van der Waals surface area (Å²) < 4.78 is 5.49. The van der Waals surface area contributed by atoms with E-state index in [2.05, 4.69) is 15.2 Å². The van der Waals surface area contributed by atoms with E-state index in [4.69, 9.17) is 4.74 Å². The van der Waals surface area contributed by atoms with Gasteiger partial charge in [0.25, 0.3) is 0 Å². The van der Waals surface area contributed by atoms with Gasteiger partial charge in [-0.1, -0.05) is 0 Å². The Morgan fingerprint density at radius 2 is 2.20 bits per heavy atom. The molecule has 1 saturated heterocycles. The van der Waals surface area contributed by atoms with Gasteiger partial charge in [0.1, 0.15) is 6.54 Å². The molecular weight excluding hydrogens is 256 g/mol. The predicted octanol–water partition coefficient (Wildman–Crippen LogP) is 0.399. The summed E-state index contributed by atoms with van der Waals surface area (Å²) in [5.74, 6) is 1.41. The molecule has 0 bridgehead atoms. The van der Waals surface area contributed by atoms with E-state index < -0.39 is 0 Å². The minimum atomic E-state index is 0.0190. The summed E-state index contributed by atoms with van der Waals surface area (Å²) in [4.78, 5) is 19.8. The fourth-order valence-corrected chi connectivity index (χ4v) is 2.16. The van der Waals surface area contributed by atoms with Gasteiger partial charge in [0.15, 0.2) is 5.96 Å². The van der Waals surface area contributed by atoms with Gasteiger partial charge in [0.2, 0.25) is 5.91 Å². The molecule has 1 atom stereocenters. The maximum Gasteiger partial charge on any atom is 0.243 e. The van der Waals surface area contributed by atoms with Crippen molar-refractivity contribution in [2.45, 2.75) is 20.3 Å². The number of amides is 1. The fraction of sp³-hybridized carbons (Fsp3) is 0.857. The van der Waals surface area contributed by atoms with Gasteiger partial charge in [-0.2, -0.15) is 0 Å². The van der Waals surface area contributed by atoms with Crippen LogP contribution in [0.2, 0.25) is 0 Å². The number of hydrogen-bond donors (Lipinski definition) is 1. The lowest BCUT2D eigenvalue weighted by atomic mass is 10.1. The number of aliphatic imine (C=N–C) groups is 1. The second-order valence-electron chi connectivity index (χ2n) is 5.22. The molecule has 6 nitrogen and oxygen atoms in total. The first-order chi connectivity index (χ1) is 9.58. The van der Waals surface area contributed by atoms with Crippen molar-refractivity contribution in [3.05, 3.63) is 0 Å². The number of nitrogens with zero attached hydrogens (tertiary/aromatic N) is 3. The molecule has 6 heteroatoms. The quantitative estimate of drug-likeness (QED) is 0.566. The van der Waals surface area contributed by atoms with E-state index >= 15 is 0 Å². The van der Waals surface area contributed by atoms with Crippen LogP contribution >= 0.6 is 0 Å². The van der Waals surface area contributed by atoms with Crippen molar-refractivity contribution in [2.75, 3.05) is 53.5 Å². The first-order valence-electron chi connectivity index (χ1n) is 7.39. The zero-order valence-corrected chi connectivity index (χ0v) is 13.2. The van der Waals surface area contributed by atoms with E-state index in [9.17, 15) is 4.79 Å². The van der Waals surface area contributed by atoms with Crippen LogP contribution in [0.15, 0.2) is 4.99 Å². The SMILES string of the molecule is CCNC(=NCC(=O)N(C)C)N1CCC(COCC)C1. The second kappa shape index (κ2) is 8.79. The normalized spacial score (nSPS) is 19.3. The number of rotatable bonds is 6. The molecule has 1 heterocycles. The van der Waals surface area contributed by atoms with Gasteiger partial charge in [0.05, 0.1) is 6.61 Å². The van der Waals surface area contributed by atoms with Crippen molar-refractivity contribution in [1.29, 1.82) is 0 Å². The molecule has 1 aliphatic rings. The van der Waals surface area contributed by atoms with Crippen molar-refractivity contribution < 1.29 is 9.53 Å². The molecule has 0 aromatic rings. The van der Waals surface area contributed by atoms with Crippen molar-refractivity contribution >= 4 is 11.9 Å². The number of guanidine groups is 1. The van der Waals surface area contributed by atoms with Crippen LogP contribution in [0.3, 0.4) is 0 Å². The van der Waals surface area contributed by atoms with Gasteiger partial charge in [-0.15, -0.1) is 0 Å². The number of likely N-dealkylation sites (N-methyl/N-ethyl adjacent to an activating group) is 1. The average molecular weight is 284 g/mol. The van der Waals surface area contributed by atoms with E-state index in [0.29, 0.717) is 5.92 Å². The monoisotopic (exact) mass is 284 g/mol. The number of carbonyl (C=O) groups is 1. The van der Waals surface area contributed by atoms with Crippen LogP contribution in [-0.4, -0.2) is 75.2 Å². The summed E-state index contributed by atoms with van der Waals surface area (Å²) in [7, 11) is 3.50. The molecule has 0 aromatic carbocycles. The summed E-state index contributed by atoms with van der Waals surface area (Å²) in [5.41, 5.74) is 0. The summed E-state index contributed by atoms with van der Waals surface area (Å²) in [6.07, 6.45) is 1.12. The van der Waals surface area contributed by atoms with Gasteiger partial charge in [-0.05, 0) is 20.3 Å². The standard InChI is InChI=1S/C14H28N4O2/c1-5-15-14(16-9-13(19)17(3)4)18-8-7-12(10-18)11-20-6-2/h12H,5-11H2,1-4H3,(H,15,16). The highest BCUT2D eigenvalue weighted by Gasteiger charge is 2.25. The summed E-state index contributed by atoms with van der Waals surface area (Å²) in [6, 6.07) is 0. The lowest BCUT2D eigenvalue weighted by Gasteiger charge is -2.22. The van der Waals surface area contributed by atoms with E-state index in [1.54, 1.807) is 19.0 Å². The van der Waals surface area contributed by atoms with Gasteiger partial charge in [-0.3, -0.25) is 4.79 Å². The molecule has 1 fully saturated rings. The van der Waals surface area contributed by atoms with Crippen LogP contribution in [0.5, 0.6) is 0 Å². The van der Waals surface area contributed by atoms with Crippen molar-refractivity contribution in [3.63, 3.8) is 0 Å².